The maximum atomic E-state index is 12.2. The first-order valence-corrected chi connectivity index (χ1v) is 7.36. The van der Waals surface area contributed by atoms with E-state index in [2.05, 4.69) is 26.2 Å². The number of aryl methyl sites for hydroxylation is 2. The van der Waals surface area contributed by atoms with Crippen LogP contribution in [0.1, 0.15) is 21.7 Å². The van der Waals surface area contributed by atoms with E-state index in [0.29, 0.717) is 5.56 Å². The zero-order valence-electron chi connectivity index (χ0n) is 11.7. The van der Waals surface area contributed by atoms with Gasteiger partial charge in [0.2, 0.25) is 0 Å². The highest BCUT2D eigenvalue weighted by Crippen LogP contribution is 2.17. The molecule has 21 heavy (non-hydrogen) atoms. The minimum Gasteiger partial charge on any atom is -0.321 e. The van der Waals surface area contributed by atoms with Crippen molar-refractivity contribution in [3.63, 3.8) is 0 Å². The van der Waals surface area contributed by atoms with Crippen LogP contribution in [-0.4, -0.2) is 15.3 Å². The summed E-state index contributed by atoms with van der Waals surface area (Å²) in [5, 5.41) is 2.90. The first kappa shape index (κ1) is 13.8. The Morgan fingerprint density at radius 2 is 1.86 bits per heavy atom. The number of pyridine rings is 1. The molecule has 1 amide bonds. The van der Waals surface area contributed by atoms with Crippen LogP contribution in [-0.2, 0) is 0 Å². The van der Waals surface area contributed by atoms with Gasteiger partial charge in [-0.1, -0.05) is 15.9 Å². The van der Waals surface area contributed by atoms with Crippen molar-refractivity contribution in [1.82, 2.24) is 9.38 Å². The molecular formula is C16H14BrN3O. The third-order valence-corrected chi connectivity index (χ3v) is 3.99. The summed E-state index contributed by atoms with van der Waals surface area (Å²) in [5.41, 5.74) is 4.32. The highest BCUT2D eigenvalue weighted by molar-refractivity contribution is 9.10. The summed E-state index contributed by atoms with van der Waals surface area (Å²) < 4.78 is 2.93. The van der Waals surface area contributed by atoms with Gasteiger partial charge in [0.05, 0.1) is 11.4 Å². The van der Waals surface area contributed by atoms with Gasteiger partial charge in [-0.15, -0.1) is 0 Å². The van der Waals surface area contributed by atoms with Crippen LogP contribution in [0, 0.1) is 13.8 Å². The van der Waals surface area contributed by atoms with Gasteiger partial charge in [-0.05, 0) is 50.2 Å². The monoisotopic (exact) mass is 343 g/mol. The number of amides is 1. The van der Waals surface area contributed by atoms with Gasteiger partial charge in [0.15, 0.2) is 0 Å². The maximum absolute atomic E-state index is 12.2. The fourth-order valence-corrected chi connectivity index (χ4v) is 2.42. The van der Waals surface area contributed by atoms with Crippen molar-refractivity contribution in [2.24, 2.45) is 0 Å². The van der Waals surface area contributed by atoms with Gasteiger partial charge >= 0.3 is 0 Å². The molecule has 0 aliphatic carbocycles. The zero-order valence-corrected chi connectivity index (χ0v) is 13.3. The van der Waals surface area contributed by atoms with Gasteiger partial charge in [-0.25, -0.2) is 4.98 Å². The van der Waals surface area contributed by atoms with E-state index in [0.717, 1.165) is 27.2 Å². The lowest BCUT2D eigenvalue weighted by atomic mass is 10.2. The molecule has 0 saturated carbocycles. The largest absolute Gasteiger partial charge is 0.321 e. The maximum Gasteiger partial charge on any atom is 0.255 e. The van der Waals surface area contributed by atoms with Crippen LogP contribution in [0.4, 0.5) is 5.69 Å². The summed E-state index contributed by atoms with van der Waals surface area (Å²) in [5.74, 6) is -0.128. The number of benzene rings is 1. The van der Waals surface area contributed by atoms with Crippen LogP contribution >= 0.6 is 15.9 Å². The molecule has 0 atom stereocenters. The fraction of sp³-hybridized carbons (Fsp3) is 0.125. The topological polar surface area (TPSA) is 46.4 Å². The smallest absolute Gasteiger partial charge is 0.255 e. The molecule has 1 aromatic carbocycles. The Kier molecular flexibility index (Phi) is 3.51. The minimum atomic E-state index is -0.128. The number of nitrogens with one attached hydrogen (secondary N) is 1. The molecule has 0 aliphatic rings. The summed E-state index contributed by atoms with van der Waals surface area (Å²) in [6.45, 7) is 3.98. The Morgan fingerprint density at radius 1 is 1.14 bits per heavy atom. The molecule has 0 radical (unpaired) electrons. The van der Waals surface area contributed by atoms with E-state index in [1.807, 2.05) is 48.7 Å². The van der Waals surface area contributed by atoms with Crippen molar-refractivity contribution in [3.8, 4) is 0 Å². The Labute approximate surface area is 131 Å². The van der Waals surface area contributed by atoms with Gasteiger partial charge in [0.1, 0.15) is 5.65 Å². The Bertz CT molecular complexity index is 821. The van der Waals surface area contributed by atoms with E-state index in [-0.39, 0.29) is 5.91 Å². The SMILES string of the molecule is Cc1nc2ccc(NC(=O)c3ccc(Br)cc3)cn2c1C. The number of imidazole rings is 1. The number of carbonyl (C=O) groups excluding carboxylic acids is 1. The standard InChI is InChI=1S/C16H14BrN3O/c1-10-11(2)20-9-14(7-8-15(20)18-10)19-16(21)12-3-5-13(17)6-4-12/h3-9H,1-2H3,(H,19,21). The number of anilines is 1. The lowest BCUT2D eigenvalue weighted by Crippen LogP contribution is -2.12. The molecule has 4 nitrogen and oxygen atoms in total. The summed E-state index contributed by atoms with van der Waals surface area (Å²) in [6.07, 6.45) is 1.89. The number of hydrogen-bond acceptors (Lipinski definition) is 2. The molecule has 2 aromatic heterocycles. The average Bonchev–Trinajstić information content (AvgIpc) is 2.75. The number of nitrogens with zero attached hydrogens (tertiary/aromatic N) is 2. The van der Waals surface area contributed by atoms with Crippen LogP contribution in [0.2, 0.25) is 0 Å². The van der Waals surface area contributed by atoms with Gasteiger partial charge in [-0.3, -0.25) is 4.79 Å². The minimum absolute atomic E-state index is 0.128. The molecule has 0 bridgehead atoms. The van der Waals surface area contributed by atoms with Crippen molar-refractivity contribution in [2.45, 2.75) is 13.8 Å². The second-order valence-corrected chi connectivity index (χ2v) is 5.81. The normalized spacial score (nSPS) is 10.8. The molecule has 0 aliphatic heterocycles. The quantitative estimate of drug-likeness (QED) is 0.765. The molecule has 0 spiro atoms. The summed E-state index contributed by atoms with van der Waals surface area (Å²) >= 11 is 3.36. The van der Waals surface area contributed by atoms with Gasteiger partial charge < -0.3 is 9.72 Å². The van der Waals surface area contributed by atoms with Crippen LogP contribution in [0.15, 0.2) is 47.1 Å². The number of aromatic nitrogens is 2. The molecule has 0 saturated heterocycles. The predicted octanol–water partition coefficient (Wildman–Crippen LogP) is 3.97. The molecule has 3 rings (SSSR count). The molecule has 5 heteroatoms. The zero-order chi connectivity index (χ0) is 15.0. The number of carbonyl (C=O) groups is 1. The number of rotatable bonds is 2. The average molecular weight is 344 g/mol. The third kappa shape index (κ3) is 2.69. The Morgan fingerprint density at radius 3 is 2.57 bits per heavy atom. The first-order valence-electron chi connectivity index (χ1n) is 6.57. The van der Waals surface area contributed by atoms with Crippen molar-refractivity contribution < 1.29 is 4.79 Å². The van der Waals surface area contributed by atoms with Crippen LogP contribution in [0.25, 0.3) is 5.65 Å². The van der Waals surface area contributed by atoms with Crippen molar-refractivity contribution in [1.29, 1.82) is 0 Å². The third-order valence-electron chi connectivity index (χ3n) is 3.46. The van der Waals surface area contributed by atoms with Crippen molar-refractivity contribution >= 4 is 33.2 Å². The Hall–Kier alpha value is -2.14. The Balaban J connectivity index is 1.89. The molecule has 106 valence electrons. The number of halogens is 1. The van der Waals surface area contributed by atoms with Crippen molar-refractivity contribution in [3.05, 3.63) is 64.0 Å². The highest BCUT2D eigenvalue weighted by Gasteiger charge is 2.08. The van der Waals surface area contributed by atoms with Gasteiger partial charge in [0.25, 0.3) is 5.91 Å². The van der Waals surface area contributed by atoms with E-state index >= 15 is 0 Å². The second kappa shape index (κ2) is 5.33. The molecule has 2 heterocycles. The molecule has 1 N–H and O–H groups in total. The van der Waals surface area contributed by atoms with Gasteiger partial charge in [0, 0.05) is 21.9 Å². The van der Waals surface area contributed by atoms with Gasteiger partial charge in [-0.2, -0.15) is 0 Å². The molecular weight excluding hydrogens is 330 g/mol. The molecule has 3 aromatic rings. The van der Waals surface area contributed by atoms with Crippen LogP contribution < -0.4 is 5.32 Å². The van der Waals surface area contributed by atoms with Crippen molar-refractivity contribution in [2.75, 3.05) is 5.32 Å². The highest BCUT2D eigenvalue weighted by atomic mass is 79.9. The first-order chi connectivity index (χ1) is 10.0. The fourth-order valence-electron chi connectivity index (χ4n) is 2.16. The predicted molar refractivity (Wildman–Crippen MR) is 86.8 cm³/mol. The van der Waals surface area contributed by atoms with E-state index in [1.165, 1.54) is 0 Å². The van der Waals surface area contributed by atoms with E-state index in [9.17, 15) is 4.79 Å². The lowest BCUT2D eigenvalue weighted by Gasteiger charge is -2.06. The van der Waals surface area contributed by atoms with E-state index < -0.39 is 0 Å². The van der Waals surface area contributed by atoms with Crippen LogP contribution in [0.3, 0.4) is 0 Å². The van der Waals surface area contributed by atoms with Crippen LogP contribution in [0.5, 0.6) is 0 Å². The lowest BCUT2D eigenvalue weighted by molar-refractivity contribution is 0.102. The second-order valence-electron chi connectivity index (χ2n) is 4.89. The summed E-state index contributed by atoms with van der Waals surface area (Å²) in [7, 11) is 0. The summed E-state index contributed by atoms with van der Waals surface area (Å²) in [6, 6.07) is 11.0. The van der Waals surface area contributed by atoms with E-state index in [4.69, 9.17) is 0 Å². The molecule has 0 fully saturated rings. The number of fused-ring (bicyclic) bond motifs is 1. The van der Waals surface area contributed by atoms with E-state index in [1.54, 1.807) is 12.1 Å². The summed E-state index contributed by atoms with van der Waals surface area (Å²) in [4.78, 5) is 16.6. The number of hydrogen-bond donors (Lipinski definition) is 1. The molecule has 0 unspecified atom stereocenters.